The maximum atomic E-state index is 12.5. The first kappa shape index (κ1) is 17.6. The SMILES string of the molecule is C[C@H](C(=O)Nc1cccc(Cl)c1)[NH+]1CCN(c2ccc(O)cc2)CC1. The molecule has 1 fully saturated rings. The number of carbonyl (C=O) groups is 1. The van der Waals surface area contributed by atoms with E-state index in [1.807, 2.05) is 31.2 Å². The fourth-order valence-corrected chi connectivity index (χ4v) is 3.34. The fraction of sp³-hybridized carbons (Fsp3) is 0.316. The molecule has 1 heterocycles. The Balaban J connectivity index is 1.54. The molecule has 1 aliphatic heterocycles. The smallest absolute Gasteiger partial charge is 0.282 e. The van der Waals surface area contributed by atoms with Gasteiger partial charge in [0.05, 0.1) is 26.2 Å². The van der Waals surface area contributed by atoms with E-state index in [1.165, 1.54) is 4.90 Å². The van der Waals surface area contributed by atoms with Crippen molar-refractivity contribution >= 4 is 28.9 Å². The van der Waals surface area contributed by atoms with Crippen LogP contribution in [0.3, 0.4) is 0 Å². The summed E-state index contributed by atoms with van der Waals surface area (Å²) in [5, 5.41) is 12.9. The van der Waals surface area contributed by atoms with Gasteiger partial charge in [0.25, 0.3) is 5.91 Å². The average molecular weight is 361 g/mol. The summed E-state index contributed by atoms with van der Waals surface area (Å²) in [7, 11) is 0. The molecule has 1 amide bonds. The molecule has 0 spiro atoms. The summed E-state index contributed by atoms with van der Waals surface area (Å²) in [5.41, 5.74) is 1.83. The third-order valence-electron chi connectivity index (χ3n) is 4.72. The number of piperazine rings is 1. The van der Waals surface area contributed by atoms with Crippen molar-refractivity contribution in [3.8, 4) is 5.75 Å². The van der Waals surface area contributed by atoms with Crippen molar-refractivity contribution in [3.63, 3.8) is 0 Å². The lowest BCUT2D eigenvalue weighted by Gasteiger charge is -2.36. The summed E-state index contributed by atoms with van der Waals surface area (Å²) >= 11 is 5.96. The fourth-order valence-electron chi connectivity index (χ4n) is 3.15. The lowest BCUT2D eigenvalue weighted by Crippen LogP contribution is -3.19. The molecule has 3 N–H and O–H groups in total. The maximum absolute atomic E-state index is 12.5. The first-order valence-corrected chi connectivity index (χ1v) is 8.86. The van der Waals surface area contributed by atoms with Gasteiger partial charge in [-0.25, -0.2) is 0 Å². The van der Waals surface area contributed by atoms with Crippen LogP contribution in [0.25, 0.3) is 0 Å². The third-order valence-corrected chi connectivity index (χ3v) is 4.95. The van der Waals surface area contributed by atoms with Gasteiger partial charge in [0, 0.05) is 16.4 Å². The zero-order chi connectivity index (χ0) is 17.8. The number of amides is 1. The monoisotopic (exact) mass is 360 g/mol. The van der Waals surface area contributed by atoms with Crippen molar-refractivity contribution in [1.82, 2.24) is 0 Å². The summed E-state index contributed by atoms with van der Waals surface area (Å²) < 4.78 is 0. The highest BCUT2D eigenvalue weighted by Crippen LogP contribution is 2.18. The Kier molecular flexibility index (Phi) is 5.46. The van der Waals surface area contributed by atoms with Gasteiger partial charge < -0.3 is 20.2 Å². The number of hydrogen-bond acceptors (Lipinski definition) is 3. The van der Waals surface area contributed by atoms with Crippen LogP contribution in [0.4, 0.5) is 11.4 Å². The minimum atomic E-state index is -0.124. The molecule has 1 saturated heterocycles. The van der Waals surface area contributed by atoms with Crippen LogP contribution in [0, 0.1) is 0 Å². The number of anilines is 2. The van der Waals surface area contributed by atoms with E-state index >= 15 is 0 Å². The molecule has 2 aromatic carbocycles. The normalized spacial score (nSPS) is 16.5. The Morgan fingerprint density at radius 1 is 1.20 bits per heavy atom. The van der Waals surface area contributed by atoms with Gasteiger partial charge in [-0.1, -0.05) is 17.7 Å². The molecular formula is C19H23ClN3O2+. The summed E-state index contributed by atoms with van der Waals surface area (Å²) in [4.78, 5) is 16.1. The Labute approximate surface area is 152 Å². The lowest BCUT2D eigenvalue weighted by atomic mass is 10.2. The Morgan fingerprint density at radius 2 is 1.88 bits per heavy atom. The minimum Gasteiger partial charge on any atom is -0.508 e. The number of halogens is 1. The van der Waals surface area contributed by atoms with E-state index in [0.29, 0.717) is 5.02 Å². The molecule has 25 heavy (non-hydrogen) atoms. The highest BCUT2D eigenvalue weighted by molar-refractivity contribution is 6.30. The molecule has 3 rings (SSSR count). The number of nitrogens with zero attached hydrogens (tertiary/aromatic N) is 1. The second kappa shape index (κ2) is 7.76. The molecule has 0 bridgehead atoms. The molecule has 1 atom stereocenters. The predicted octanol–water partition coefficient (Wildman–Crippen LogP) is 1.78. The second-order valence-electron chi connectivity index (χ2n) is 6.38. The number of phenolic OH excluding ortho intramolecular Hbond substituents is 1. The number of aromatic hydroxyl groups is 1. The van der Waals surface area contributed by atoms with E-state index < -0.39 is 0 Å². The van der Waals surface area contributed by atoms with E-state index in [-0.39, 0.29) is 17.7 Å². The van der Waals surface area contributed by atoms with Crippen LogP contribution < -0.4 is 15.1 Å². The van der Waals surface area contributed by atoms with Gasteiger partial charge in [-0.05, 0) is 49.4 Å². The molecule has 0 aliphatic carbocycles. The topological polar surface area (TPSA) is 57.0 Å². The Morgan fingerprint density at radius 3 is 2.52 bits per heavy atom. The molecule has 132 valence electrons. The molecule has 5 nitrogen and oxygen atoms in total. The third kappa shape index (κ3) is 4.44. The zero-order valence-electron chi connectivity index (χ0n) is 14.2. The molecule has 2 aromatic rings. The van der Waals surface area contributed by atoms with Gasteiger partial charge in [0.15, 0.2) is 6.04 Å². The van der Waals surface area contributed by atoms with Crippen molar-refractivity contribution in [2.75, 3.05) is 36.4 Å². The Hall–Kier alpha value is -2.24. The zero-order valence-corrected chi connectivity index (χ0v) is 15.0. The summed E-state index contributed by atoms with van der Waals surface area (Å²) in [6.45, 7) is 5.52. The van der Waals surface area contributed by atoms with Crippen molar-refractivity contribution in [1.29, 1.82) is 0 Å². The van der Waals surface area contributed by atoms with Crippen LogP contribution in [0.2, 0.25) is 5.02 Å². The molecule has 0 unspecified atom stereocenters. The van der Waals surface area contributed by atoms with Crippen LogP contribution in [-0.2, 0) is 4.79 Å². The highest BCUT2D eigenvalue weighted by Gasteiger charge is 2.29. The van der Waals surface area contributed by atoms with Gasteiger partial charge in [0.1, 0.15) is 5.75 Å². The van der Waals surface area contributed by atoms with Crippen LogP contribution in [0.5, 0.6) is 5.75 Å². The Bertz CT molecular complexity index is 728. The van der Waals surface area contributed by atoms with Gasteiger partial charge in [-0.15, -0.1) is 0 Å². The summed E-state index contributed by atoms with van der Waals surface area (Å²) in [6.07, 6.45) is 0. The van der Waals surface area contributed by atoms with Crippen molar-refractivity contribution < 1.29 is 14.8 Å². The van der Waals surface area contributed by atoms with E-state index in [4.69, 9.17) is 11.6 Å². The molecular weight excluding hydrogens is 338 g/mol. The minimum absolute atomic E-state index is 0.00958. The number of benzene rings is 2. The molecule has 6 heteroatoms. The number of hydrogen-bond donors (Lipinski definition) is 3. The first-order valence-electron chi connectivity index (χ1n) is 8.48. The summed E-state index contributed by atoms with van der Waals surface area (Å²) in [6, 6.07) is 14.3. The lowest BCUT2D eigenvalue weighted by molar-refractivity contribution is -0.914. The quantitative estimate of drug-likeness (QED) is 0.779. The van der Waals surface area contributed by atoms with Gasteiger partial charge in [-0.3, -0.25) is 4.79 Å². The van der Waals surface area contributed by atoms with Crippen LogP contribution in [-0.4, -0.2) is 43.2 Å². The van der Waals surface area contributed by atoms with Crippen LogP contribution in [0.15, 0.2) is 48.5 Å². The largest absolute Gasteiger partial charge is 0.508 e. The average Bonchev–Trinajstić information content (AvgIpc) is 2.62. The van der Waals surface area contributed by atoms with E-state index in [0.717, 1.165) is 37.6 Å². The highest BCUT2D eigenvalue weighted by atomic mass is 35.5. The van der Waals surface area contributed by atoms with Gasteiger partial charge in [-0.2, -0.15) is 0 Å². The van der Waals surface area contributed by atoms with Crippen molar-refractivity contribution in [3.05, 3.63) is 53.6 Å². The van der Waals surface area contributed by atoms with Gasteiger partial charge >= 0.3 is 0 Å². The molecule has 0 saturated carbocycles. The number of nitrogens with one attached hydrogen (secondary N) is 2. The first-order chi connectivity index (χ1) is 12.0. The number of rotatable bonds is 4. The van der Waals surface area contributed by atoms with Crippen molar-refractivity contribution in [2.45, 2.75) is 13.0 Å². The molecule has 1 aliphatic rings. The van der Waals surface area contributed by atoms with E-state index in [1.54, 1.807) is 24.3 Å². The number of carbonyl (C=O) groups excluding carboxylic acids is 1. The summed E-state index contributed by atoms with van der Waals surface area (Å²) in [5.74, 6) is 0.287. The van der Waals surface area contributed by atoms with Crippen molar-refractivity contribution in [2.24, 2.45) is 0 Å². The van der Waals surface area contributed by atoms with E-state index in [9.17, 15) is 9.90 Å². The second-order valence-corrected chi connectivity index (χ2v) is 6.82. The van der Waals surface area contributed by atoms with Gasteiger partial charge in [0.2, 0.25) is 0 Å². The maximum Gasteiger partial charge on any atom is 0.282 e. The molecule has 0 radical (unpaired) electrons. The molecule has 0 aromatic heterocycles. The predicted molar refractivity (Wildman–Crippen MR) is 101 cm³/mol. The number of quaternary nitrogens is 1. The van der Waals surface area contributed by atoms with Crippen LogP contribution >= 0.6 is 11.6 Å². The standard InChI is InChI=1S/C19H22ClN3O2/c1-14(19(25)21-16-4-2-3-15(20)13-16)22-9-11-23(12-10-22)17-5-7-18(24)8-6-17/h2-8,13-14,24H,9-12H2,1H3,(H,21,25)/p+1/t14-/m1/s1. The van der Waals surface area contributed by atoms with Crippen LogP contribution in [0.1, 0.15) is 6.92 Å². The number of phenols is 1. The van der Waals surface area contributed by atoms with E-state index in [2.05, 4.69) is 10.2 Å².